The van der Waals surface area contributed by atoms with Crippen LogP contribution in [0.2, 0.25) is 0 Å². The van der Waals surface area contributed by atoms with Gasteiger partial charge in [0.2, 0.25) is 0 Å². The minimum absolute atomic E-state index is 0.0202. The number of fused-ring (bicyclic) bond motifs is 1. The van der Waals surface area contributed by atoms with E-state index < -0.39 is 0 Å². The van der Waals surface area contributed by atoms with Gasteiger partial charge in [-0.1, -0.05) is 6.07 Å². The molecule has 3 aromatic rings. The van der Waals surface area contributed by atoms with Crippen LogP contribution in [0.3, 0.4) is 0 Å². The number of carbonyl (C=O) groups is 1. The number of hydrogen-bond acceptors (Lipinski definition) is 5. The minimum Gasteiger partial charge on any atom is -0.349 e. The number of nitrogens with zero attached hydrogens (tertiary/aromatic N) is 5. The molecule has 0 bridgehead atoms. The second kappa shape index (κ2) is 6.83. The van der Waals surface area contributed by atoms with Crippen molar-refractivity contribution in [1.82, 2.24) is 24.8 Å². The monoisotopic (exact) mass is 390 g/mol. The zero-order chi connectivity index (χ0) is 20.1. The van der Waals surface area contributed by atoms with Crippen LogP contribution in [0.15, 0.2) is 30.9 Å². The molecule has 5 rings (SSSR count). The highest BCUT2D eigenvalue weighted by Gasteiger charge is 2.31. The second-order valence-electron chi connectivity index (χ2n) is 8.42. The minimum atomic E-state index is -0.0202. The molecule has 3 heterocycles. The van der Waals surface area contributed by atoms with Crippen molar-refractivity contribution in [3.8, 4) is 5.69 Å². The van der Waals surface area contributed by atoms with Crippen LogP contribution in [0, 0.1) is 6.92 Å². The van der Waals surface area contributed by atoms with Gasteiger partial charge in [-0.15, -0.1) is 0 Å². The molecule has 1 N–H and O–H groups in total. The Labute approximate surface area is 170 Å². The maximum atomic E-state index is 12.5. The fourth-order valence-corrected chi connectivity index (χ4v) is 4.31. The van der Waals surface area contributed by atoms with Crippen LogP contribution in [0.25, 0.3) is 16.9 Å². The molecule has 2 aromatic heterocycles. The van der Waals surface area contributed by atoms with Gasteiger partial charge in [0.05, 0.1) is 5.69 Å². The summed E-state index contributed by atoms with van der Waals surface area (Å²) in [4.78, 5) is 28.7. The highest BCUT2D eigenvalue weighted by Crippen LogP contribution is 2.33. The molecule has 1 saturated heterocycles. The van der Waals surface area contributed by atoms with Gasteiger partial charge in [-0.25, -0.2) is 15.0 Å². The summed E-state index contributed by atoms with van der Waals surface area (Å²) in [7, 11) is 0. The van der Waals surface area contributed by atoms with E-state index in [0.29, 0.717) is 23.7 Å². The second-order valence-corrected chi connectivity index (χ2v) is 8.42. The van der Waals surface area contributed by atoms with Crippen LogP contribution in [0.4, 0.5) is 5.82 Å². The van der Waals surface area contributed by atoms with Gasteiger partial charge in [0.25, 0.3) is 5.91 Å². The van der Waals surface area contributed by atoms with Crippen molar-refractivity contribution >= 4 is 22.9 Å². The first-order valence-corrected chi connectivity index (χ1v) is 10.4. The lowest BCUT2D eigenvalue weighted by atomic mass is 10.1. The van der Waals surface area contributed by atoms with Gasteiger partial charge in [-0.3, -0.25) is 9.36 Å². The van der Waals surface area contributed by atoms with E-state index >= 15 is 0 Å². The summed E-state index contributed by atoms with van der Waals surface area (Å²) in [5.41, 5.74) is 4.22. The lowest BCUT2D eigenvalue weighted by Gasteiger charge is -2.27. The molecule has 2 aliphatic rings. The van der Waals surface area contributed by atoms with Gasteiger partial charge in [0.1, 0.15) is 12.7 Å². The van der Waals surface area contributed by atoms with E-state index in [0.717, 1.165) is 53.9 Å². The van der Waals surface area contributed by atoms with Crippen LogP contribution >= 0.6 is 0 Å². The number of aromatic nitrogens is 4. The summed E-state index contributed by atoms with van der Waals surface area (Å²) < 4.78 is 1.97. The zero-order valence-electron chi connectivity index (χ0n) is 17.1. The SMILES string of the molecule is Cc1ccc(C(=O)NC2CC2)cc1-n1cnc2c(N3[C@H](C)CC[C@H]3C)ncnc21. The Hall–Kier alpha value is -2.96. The van der Waals surface area contributed by atoms with E-state index in [4.69, 9.17) is 0 Å². The van der Waals surface area contributed by atoms with Gasteiger partial charge in [-0.05, 0) is 64.2 Å². The van der Waals surface area contributed by atoms with Crippen LogP contribution in [0.5, 0.6) is 0 Å². The van der Waals surface area contributed by atoms with Crippen LogP contribution in [0.1, 0.15) is 55.5 Å². The zero-order valence-corrected chi connectivity index (χ0v) is 17.1. The normalized spacial score (nSPS) is 21.7. The molecule has 1 aliphatic heterocycles. The Morgan fingerprint density at radius 1 is 1.07 bits per heavy atom. The number of hydrogen-bond donors (Lipinski definition) is 1. The number of imidazole rings is 1. The van der Waals surface area contributed by atoms with Crippen molar-refractivity contribution in [3.63, 3.8) is 0 Å². The van der Waals surface area contributed by atoms with E-state index in [2.05, 4.69) is 39.0 Å². The molecule has 7 nitrogen and oxygen atoms in total. The summed E-state index contributed by atoms with van der Waals surface area (Å²) in [5.74, 6) is 0.875. The molecule has 1 amide bonds. The highest BCUT2D eigenvalue weighted by molar-refractivity contribution is 5.95. The van der Waals surface area contributed by atoms with Crippen molar-refractivity contribution in [3.05, 3.63) is 42.0 Å². The van der Waals surface area contributed by atoms with Crippen molar-refractivity contribution in [2.24, 2.45) is 0 Å². The number of aryl methyl sites for hydroxylation is 1. The Morgan fingerprint density at radius 3 is 2.55 bits per heavy atom. The summed E-state index contributed by atoms with van der Waals surface area (Å²) in [6, 6.07) is 6.99. The Morgan fingerprint density at radius 2 is 1.83 bits per heavy atom. The maximum absolute atomic E-state index is 12.5. The molecule has 0 unspecified atom stereocenters. The van der Waals surface area contributed by atoms with E-state index in [1.807, 2.05) is 29.7 Å². The van der Waals surface area contributed by atoms with Crippen LogP contribution < -0.4 is 10.2 Å². The molecule has 1 saturated carbocycles. The number of rotatable bonds is 4. The van der Waals surface area contributed by atoms with Crippen molar-refractivity contribution in [2.45, 2.75) is 64.6 Å². The van der Waals surface area contributed by atoms with Gasteiger partial charge in [0, 0.05) is 23.7 Å². The molecule has 1 aliphatic carbocycles. The summed E-state index contributed by atoms with van der Waals surface area (Å²) in [5, 5.41) is 3.06. The highest BCUT2D eigenvalue weighted by atomic mass is 16.1. The summed E-state index contributed by atoms with van der Waals surface area (Å²) in [6.07, 6.45) is 7.87. The molecule has 1 aromatic carbocycles. The molecular weight excluding hydrogens is 364 g/mol. The molecular formula is C22H26N6O. The number of nitrogens with one attached hydrogen (secondary N) is 1. The van der Waals surface area contributed by atoms with Gasteiger partial charge in [-0.2, -0.15) is 0 Å². The number of anilines is 1. The smallest absolute Gasteiger partial charge is 0.251 e. The first kappa shape index (κ1) is 18.1. The third kappa shape index (κ3) is 3.14. The summed E-state index contributed by atoms with van der Waals surface area (Å²) >= 11 is 0. The molecule has 2 fully saturated rings. The quantitative estimate of drug-likeness (QED) is 0.739. The van der Waals surface area contributed by atoms with E-state index in [-0.39, 0.29) is 5.91 Å². The standard InChI is InChI=1S/C22H26N6O/c1-13-4-7-16(22(29)26-17-8-9-17)10-18(13)27-12-25-19-20(27)23-11-24-21(19)28-14(2)5-6-15(28)3/h4,7,10-12,14-15,17H,5-6,8-9H2,1-3H3,(H,26,29)/t14-,15-/m1/s1. The fraction of sp³-hybridized carbons (Fsp3) is 0.455. The lowest BCUT2D eigenvalue weighted by molar-refractivity contribution is 0.0951. The first-order chi connectivity index (χ1) is 14.0. The number of carbonyl (C=O) groups excluding carboxylic acids is 1. The third-order valence-electron chi connectivity index (χ3n) is 6.15. The Balaban J connectivity index is 1.57. The predicted octanol–water partition coefficient (Wildman–Crippen LogP) is 3.39. The van der Waals surface area contributed by atoms with E-state index in [1.165, 1.54) is 0 Å². The fourth-order valence-electron chi connectivity index (χ4n) is 4.31. The van der Waals surface area contributed by atoms with Gasteiger partial charge >= 0.3 is 0 Å². The summed E-state index contributed by atoms with van der Waals surface area (Å²) in [6.45, 7) is 6.51. The third-order valence-corrected chi connectivity index (χ3v) is 6.15. The number of amides is 1. The molecule has 2 atom stereocenters. The molecule has 0 radical (unpaired) electrons. The maximum Gasteiger partial charge on any atom is 0.251 e. The average molecular weight is 390 g/mol. The number of benzene rings is 1. The molecule has 150 valence electrons. The molecule has 0 spiro atoms. The van der Waals surface area contributed by atoms with Crippen LogP contribution in [-0.2, 0) is 0 Å². The van der Waals surface area contributed by atoms with E-state index in [9.17, 15) is 4.79 Å². The molecule has 29 heavy (non-hydrogen) atoms. The first-order valence-electron chi connectivity index (χ1n) is 10.4. The lowest BCUT2D eigenvalue weighted by Crippen LogP contribution is -2.33. The van der Waals surface area contributed by atoms with E-state index in [1.54, 1.807) is 12.7 Å². The van der Waals surface area contributed by atoms with Gasteiger partial charge < -0.3 is 10.2 Å². The van der Waals surface area contributed by atoms with Crippen molar-refractivity contribution < 1.29 is 4.79 Å². The molecule has 7 heteroatoms. The van der Waals surface area contributed by atoms with Crippen molar-refractivity contribution in [2.75, 3.05) is 4.90 Å². The van der Waals surface area contributed by atoms with Crippen LogP contribution in [-0.4, -0.2) is 43.6 Å². The topological polar surface area (TPSA) is 75.9 Å². The Kier molecular flexibility index (Phi) is 4.26. The Bertz CT molecular complexity index is 1080. The van der Waals surface area contributed by atoms with Gasteiger partial charge in [0.15, 0.2) is 17.0 Å². The average Bonchev–Trinajstić information content (AvgIpc) is 3.32. The van der Waals surface area contributed by atoms with Crippen molar-refractivity contribution in [1.29, 1.82) is 0 Å². The largest absolute Gasteiger partial charge is 0.349 e. The predicted molar refractivity (Wildman–Crippen MR) is 113 cm³/mol.